The first-order chi connectivity index (χ1) is 11.0. The van der Waals surface area contributed by atoms with Gasteiger partial charge in [-0.25, -0.2) is 13.1 Å². The van der Waals surface area contributed by atoms with Gasteiger partial charge in [0.2, 0.25) is 10.0 Å². The van der Waals surface area contributed by atoms with Crippen LogP contribution in [-0.2, 0) is 14.8 Å². The van der Waals surface area contributed by atoms with Crippen molar-refractivity contribution >= 4 is 10.0 Å². The van der Waals surface area contributed by atoms with Crippen molar-refractivity contribution in [3.63, 3.8) is 0 Å². The molecule has 0 fully saturated rings. The van der Waals surface area contributed by atoms with E-state index in [0.29, 0.717) is 0 Å². The summed E-state index contributed by atoms with van der Waals surface area (Å²) < 4.78 is 32.6. The Balaban J connectivity index is 2.10. The summed E-state index contributed by atoms with van der Waals surface area (Å²) in [7, 11) is -3.65. The third kappa shape index (κ3) is 5.11. The lowest BCUT2D eigenvalue weighted by molar-refractivity contribution is 0.0309. The molecule has 2 aromatic rings. The number of hydrogen-bond donors (Lipinski definition) is 2. The lowest BCUT2D eigenvalue weighted by atomic mass is 10.1. The number of benzene rings is 1. The van der Waals surface area contributed by atoms with Crippen LogP contribution in [0.4, 0.5) is 0 Å². The number of hydrogen-bond acceptors (Lipinski definition) is 5. The Labute approximate surface area is 136 Å². The molecule has 0 spiro atoms. The Morgan fingerprint density at radius 2 is 2.00 bits per heavy atom. The zero-order valence-corrected chi connectivity index (χ0v) is 13.7. The number of aliphatic hydroxyl groups is 1. The van der Waals surface area contributed by atoms with Crippen LogP contribution < -0.4 is 4.72 Å². The SMILES string of the molecule is Cc1ccc(C(CNS(=O)(=O)c2cccnc2)OCCO)cc1. The summed E-state index contributed by atoms with van der Waals surface area (Å²) in [5.74, 6) is 0. The Morgan fingerprint density at radius 3 is 2.61 bits per heavy atom. The van der Waals surface area contributed by atoms with Gasteiger partial charge < -0.3 is 9.84 Å². The molecule has 124 valence electrons. The molecule has 0 saturated carbocycles. The van der Waals surface area contributed by atoms with Gasteiger partial charge in [-0.1, -0.05) is 29.8 Å². The zero-order chi connectivity index (χ0) is 16.7. The van der Waals surface area contributed by atoms with Gasteiger partial charge in [-0.2, -0.15) is 0 Å². The summed E-state index contributed by atoms with van der Waals surface area (Å²) in [6, 6.07) is 10.7. The fourth-order valence-electron chi connectivity index (χ4n) is 2.02. The first kappa shape index (κ1) is 17.6. The number of nitrogens with zero attached hydrogens (tertiary/aromatic N) is 1. The third-order valence-electron chi connectivity index (χ3n) is 3.26. The lowest BCUT2D eigenvalue weighted by Crippen LogP contribution is -2.30. The third-order valence-corrected chi connectivity index (χ3v) is 4.67. The van der Waals surface area contributed by atoms with Crippen LogP contribution in [0.1, 0.15) is 17.2 Å². The van der Waals surface area contributed by atoms with Crippen molar-refractivity contribution in [1.82, 2.24) is 9.71 Å². The molecule has 6 nitrogen and oxygen atoms in total. The van der Waals surface area contributed by atoms with Crippen molar-refractivity contribution in [3.05, 3.63) is 59.9 Å². The molecule has 1 aromatic carbocycles. The average Bonchev–Trinajstić information content (AvgIpc) is 2.57. The molecule has 0 amide bonds. The van der Waals surface area contributed by atoms with Crippen molar-refractivity contribution in [3.8, 4) is 0 Å². The molecule has 2 rings (SSSR count). The van der Waals surface area contributed by atoms with Gasteiger partial charge in [-0.15, -0.1) is 0 Å². The maximum atomic E-state index is 12.2. The van der Waals surface area contributed by atoms with Crippen LogP contribution in [0.2, 0.25) is 0 Å². The van der Waals surface area contributed by atoms with Gasteiger partial charge in [0, 0.05) is 18.9 Å². The van der Waals surface area contributed by atoms with Crippen LogP contribution in [-0.4, -0.2) is 38.3 Å². The second kappa shape index (κ2) is 8.16. The van der Waals surface area contributed by atoms with E-state index >= 15 is 0 Å². The van der Waals surface area contributed by atoms with Crippen molar-refractivity contribution in [2.24, 2.45) is 0 Å². The van der Waals surface area contributed by atoms with E-state index in [1.165, 1.54) is 18.5 Å². The van der Waals surface area contributed by atoms with E-state index in [4.69, 9.17) is 9.84 Å². The van der Waals surface area contributed by atoms with Crippen LogP contribution in [0.3, 0.4) is 0 Å². The zero-order valence-electron chi connectivity index (χ0n) is 12.8. The summed E-state index contributed by atoms with van der Waals surface area (Å²) in [5, 5.41) is 8.94. The summed E-state index contributed by atoms with van der Waals surface area (Å²) >= 11 is 0. The van der Waals surface area contributed by atoms with Crippen LogP contribution in [0.5, 0.6) is 0 Å². The number of aliphatic hydroxyl groups excluding tert-OH is 1. The lowest BCUT2D eigenvalue weighted by Gasteiger charge is -2.19. The minimum atomic E-state index is -3.65. The standard InChI is InChI=1S/C16H20N2O4S/c1-13-4-6-14(7-5-13)16(22-10-9-19)12-18-23(20,21)15-3-2-8-17-11-15/h2-8,11,16,18-19H,9-10,12H2,1H3. The molecule has 23 heavy (non-hydrogen) atoms. The molecule has 0 aliphatic heterocycles. The number of aryl methyl sites for hydroxylation is 1. The maximum Gasteiger partial charge on any atom is 0.242 e. The highest BCUT2D eigenvalue weighted by Crippen LogP contribution is 2.18. The quantitative estimate of drug-likeness (QED) is 0.761. The van der Waals surface area contributed by atoms with E-state index in [-0.39, 0.29) is 24.7 Å². The normalized spacial score (nSPS) is 13.0. The van der Waals surface area contributed by atoms with Crippen LogP contribution in [0.25, 0.3) is 0 Å². The summed E-state index contributed by atoms with van der Waals surface area (Å²) in [6.07, 6.45) is 2.32. The highest BCUT2D eigenvalue weighted by atomic mass is 32.2. The van der Waals surface area contributed by atoms with Gasteiger partial charge in [-0.05, 0) is 24.6 Å². The first-order valence-electron chi connectivity index (χ1n) is 7.21. The first-order valence-corrected chi connectivity index (χ1v) is 8.70. The van der Waals surface area contributed by atoms with E-state index in [1.54, 1.807) is 6.07 Å². The Hall–Kier alpha value is -1.80. The molecule has 1 unspecified atom stereocenters. The number of nitrogens with one attached hydrogen (secondary N) is 1. The minimum absolute atomic E-state index is 0.0697. The van der Waals surface area contributed by atoms with E-state index in [1.807, 2.05) is 31.2 Å². The largest absolute Gasteiger partial charge is 0.394 e. The van der Waals surface area contributed by atoms with Gasteiger partial charge in [-0.3, -0.25) is 4.98 Å². The predicted octanol–water partition coefficient (Wildman–Crippen LogP) is 1.42. The van der Waals surface area contributed by atoms with Crippen molar-refractivity contribution in [2.45, 2.75) is 17.9 Å². The second-order valence-electron chi connectivity index (χ2n) is 5.03. The number of ether oxygens (including phenoxy) is 1. The van der Waals surface area contributed by atoms with Gasteiger partial charge in [0.1, 0.15) is 4.90 Å². The van der Waals surface area contributed by atoms with Crippen molar-refractivity contribution in [2.75, 3.05) is 19.8 Å². The molecule has 1 aromatic heterocycles. The van der Waals surface area contributed by atoms with Crippen LogP contribution in [0, 0.1) is 6.92 Å². The van der Waals surface area contributed by atoms with Crippen molar-refractivity contribution in [1.29, 1.82) is 0 Å². The Morgan fingerprint density at radius 1 is 1.26 bits per heavy atom. The molecular formula is C16H20N2O4S. The molecule has 0 aliphatic rings. The second-order valence-corrected chi connectivity index (χ2v) is 6.80. The summed E-state index contributed by atoms with van der Waals surface area (Å²) in [5.41, 5.74) is 1.95. The van der Waals surface area contributed by atoms with Gasteiger partial charge in [0.15, 0.2) is 0 Å². The molecule has 0 radical (unpaired) electrons. The minimum Gasteiger partial charge on any atom is -0.394 e. The summed E-state index contributed by atoms with van der Waals surface area (Å²) in [6.45, 7) is 2.05. The molecule has 1 atom stereocenters. The fraction of sp³-hybridized carbons (Fsp3) is 0.312. The molecule has 0 aliphatic carbocycles. The van der Waals surface area contributed by atoms with E-state index in [0.717, 1.165) is 11.1 Å². The monoisotopic (exact) mass is 336 g/mol. The smallest absolute Gasteiger partial charge is 0.242 e. The van der Waals surface area contributed by atoms with Gasteiger partial charge >= 0.3 is 0 Å². The number of aromatic nitrogens is 1. The Bertz CT molecular complexity index is 703. The molecule has 0 saturated heterocycles. The molecular weight excluding hydrogens is 316 g/mol. The number of pyridine rings is 1. The highest BCUT2D eigenvalue weighted by Gasteiger charge is 2.18. The fourth-order valence-corrected chi connectivity index (χ4v) is 3.02. The highest BCUT2D eigenvalue weighted by molar-refractivity contribution is 7.89. The molecule has 7 heteroatoms. The number of rotatable bonds is 8. The van der Waals surface area contributed by atoms with Gasteiger partial charge in [0.25, 0.3) is 0 Å². The van der Waals surface area contributed by atoms with Crippen molar-refractivity contribution < 1.29 is 18.3 Å². The van der Waals surface area contributed by atoms with E-state index in [9.17, 15) is 8.42 Å². The predicted molar refractivity (Wildman–Crippen MR) is 86.4 cm³/mol. The average molecular weight is 336 g/mol. The molecule has 0 bridgehead atoms. The maximum absolute atomic E-state index is 12.2. The number of sulfonamides is 1. The topological polar surface area (TPSA) is 88.5 Å². The van der Waals surface area contributed by atoms with Crippen LogP contribution >= 0.6 is 0 Å². The van der Waals surface area contributed by atoms with E-state index in [2.05, 4.69) is 9.71 Å². The van der Waals surface area contributed by atoms with Crippen LogP contribution in [0.15, 0.2) is 53.7 Å². The molecule has 2 N–H and O–H groups in total. The van der Waals surface area contributed by atoms with Gasteiger partial charge in [0.05, 0.1) is 19.3 Å². The Kier molecular flexibility index (Phi) is 6.23. The molecule has 1 heterocycles. The van der Waals surface area contributed by atoms with E-state index < -0.39 is 16.1 Å². The summed E-state index contributed by atoms with van der Waals surface area (Å²) in [4.78, 5) is 3.91.